The Morgan fingerprint density at radius 2 is 1.69 bits per heavy atom. The van der Waals surface area contributed by atoms with Crippen molar-refractivity contribution in [2.75, 3.05) is 7.05 Å². The van der Waals surface area contributed by atoms with E-state index < -0.39 is 0 Å². The summed E-state index contributed by atoms with van der Waals surface area (Å²) in [7, 11) is 2.16. The third kappa shape index (κ3) is 4.17. The molecule has 4 aromatic rings. The fourth-order valence-corrected chi connectivity index (χ4v) is 5.94. The Kier molecular flexibility index (Phi) is 5.80. The molecule has 2 unspecified atom stereocenters. The van der Waals surface area contributed by atoms with Gasteiger partial charge in [0.1, 0.15) is 11.6 Å². The second-order valence-corrected chi connectivity index (χ2v) is 10.1. The molecule has 3 heterocycles. The van der Waals surface area contributed by atoms with Crippen LogP contribution in [0.1, 0.15) is 41.6 Å². The number of amides is 1. The summed E-state index contributed by atoms with van der Waals surface area (Å²) in [6.45, 7) is 0.164. The fraction of sp³-hybridized carbons (Fsp3) is 0.310. The lowest BCUT2D eigenvalue weighted by Crippen LogP contribution is -2.50. The van der Waals surface area contributed by atoms with E-state index in [2.05, 4.69) is 22.1 Å². The molecule has 36 heavy (non-hydrogen) atoms. The molecule has 2 fully saturated rings. The molecule has 0 saturated carbocycles. The first-order chi connectivity index (χ1) is 17.5. The van der Waals surface area contributed by atoms with E-state index in [1.807, 2.05) is 29.2 Å². The number of aromatic nitrogens is 2. The normalized spacial score (nSPS) is 21.7. The predicted octanol–water partition coefficient (Wildman–Crippen LogP) is 5.78. The highest BCUT2D eigenvalue weighted by atomic mass is 19.1. The number of H-pyrrole nitrogens is 1. The van der Waals surface area contributed by atoms with Gasteiger partial charge in [-0.1, -0.05) is 12.1 Å². The van der Waals surface area contributed by atoms with Crippen LogP contribution in [0.2, 0.25) is 0 Å². The van der Waals surface area contributed by atoms with Crippen LogP contribution in [-0.4, -0.2) is 51.1 Å². The van der Waals surface area contributed by atoms with E-state index in [0.29, 0.717) is 23.2 Å². The second-order valence-electron chi connectivity index (χ2n) is 10.1. The first-order valence-electron chi connectivity index (χ1n) is 12.5. The Morgan fingerprint density at radius 3 is 2.44 bits per heavy atom. The van der Waals surface area contributed by atoms with Crippen molar-refractivity contribution in [1.82, 2.24) is 20.0 Å². The van der Waals surface area contributed by atoms with Crippen LogP contribution in [-0.2, 0) is 6.54 Å². The lowest BCUT2D eigenvalue weighted by atomic mass is 9.94. The van der Waals surface area contributed by atoms with Gasteiger partial charge in [0.15, 0.2) is 0 Å². The summed E-state index contributed by atoms with van der Waals surface area (Å²) in [6, 6.07) is 17.5. The molecule has 1 aromatic heterocycles. The summed E-state index contributed by atoms with van der Waals surface area (Å²) in [5.41, 5.74) is 3.67. The Bertz CT molecular complexity index is 1400. The molecule has 0 radical (unpaired) electrons. The first kappa shape index (κ1) is 22.9. The Hall–Kier alpha value is -3.58. The van der Waals surface area contributed by atoms with E-state index in [1.54, 1.807) is 12.3 Å². The van der Waals surface area contributed by atoms with Gasteiger partial charge in [-0.3, -0.25) is 9.89 Å². The number of hydrogen-bond acceptors (Lipinski definition) is 3. The van der Waals surface area contributed by atoms with Crippen LogP contribution in [0.15, 0.2) is 66.9 Å². The largest absolute Gasteiger partial charge is 0.331 e. The molecule has 0 spiro atoms. The van der Waals surface area contributed by atoms with Gasteiger partial charge >= 0.3 is 0 Å². The minimum atomic E-state index is -0.385. The quantitative estimate of drug-likeness (QED) is 0.389. The Morgan fingerprint density at radius 1 is 1.00 bits per heavy atom. The molecule has 0 aliphatic carbocycles. The van der Waals surface area contributed by atoms with Crippen molar-refractivity contribution in [1.29, 1.82) is 0 Å². The highest BCUT2D eigenvalue weighted by Crippen LogP contribution is 2.37. The number of aromatic amines is 1. The smallest absolute Gasteiger partial charge is 0.254 e. The zero-order chi connectivity index (χ0) is 24.8. The van der Waals surface area contributed by atoms with E-state index in [9.17, 15) is 9.18 Å². The monoisotopic (exact) mass is 486 g/mol. The molecule has 6 rings (SSSR count). The third-order valence-corrected chi connectivity index (χ3v) is 8.03. The summed E-state index contributed by atoms with van der Waals surface area (Å²) in [5, 5.41) is 8.01. The molecule has 184 valence electrons. The third-order valence-electron chi connectivity index (χ3n) is 8.03. The molecule has 7 heteroatoms. The fourth-order valence-electron chi connectivity index (χ4n) is 5.94. The first-order valence-corrected chi connectivity index (χ1v) is 12.5. The van der Waals surface area contributed by atoms with Gasteiger partial charge < -0.3 is 9.80 Å². The molecule has 2 aliphatic rings. The van der Waals surface area contributed by atoms with E-state index in [1.165, 1.54) is 30.3 Å². The van der Waals surface area contributed by atoms with Crippen LogP contribution in [0.4, 0.5) is 8.78 Å². The lowest BCUT2D eigenvalue weighted by molar-refractivity contribution is 0.0457. The summed E-state index contributed by atoms with van der Waals surface area (Å²) >= 11 is 0. The van der Waals surface area contributed by atoms with Gasteiger partial charge in [0.2, 0.25) is 0 Å². The maximum atomic E-state index is 15.2. The summed E-state index contributed by atoms with van der Waals surface area (Å²) in [5.74, 6) is -0.909. The van der Waals surface area contributed by atoms with E-state index in [0.717, 1.165) is 47.7 Å². The van der Waals surface area contributed by atoms with E-state index in [-0.39, 0.29) is 30.1 Å². The van der Waals surface area contributed by atoms with Crippen molar-refractivity contribution in [3.05, 3.63) is 89.6 Å². The maximum Gasteiger partial charge on any atom is 0.254 e. The molecular formula is C29H28F2N4O. The zero-order valence-corrected chi connectivity index (χ0v) is 20.1. The van der Waals surface area contributed by atoms with Crippen molar-refractivity contribution in [2.24, 2.45) is 0 Å². The molecule has 2 atom stereocenters. The number of fused-ring (bicyclic) bond motifs is 3. The van der Waals surface area contributed by atoms with Crippen LogP contribution in [0.5, 0.6) is 0 Å². The standard InChI is InChI=1S/C29H28F2N4O/c1-34-24-8-9-25(34)15-26(14-24)35(29(36)18-2-6-23(30)7-3-18)17-22-13-19(4-10-27(22)31)20-5-11-28-21(12-20)16-32-33-28/h2-7,10-13,16,24-26H,8-9,14-15,17H2,1H3,(H,32,33). The number of carbonyl (C=O) groups is 1. The lowest BCUT2D eigenvalue weighted by Gasteiger charge is -2.42. The van der Waals surface area contributed by atoms with Crippen LogP contribution in [0.25, 0.3) is 22.0 Å². The Balaban J connectivity index is 1.34. The number of nitrogens with zero attached hydrogens (tertiary/aromatic N) is 3. The van der Waals surface area contributed by atoms with Gasteiger partial charge in [-0.15, -0.1) is 0 Å². The van der Waals surface area contributed by atoms with Crippen molar-refractivity contribution in [3.8, 4) is 11.1 Å². The molecule has 5 nitrogen and oxygen atoms in total. The van der Waals surface area contributed by atoms with Gasteiger partial charge in [-0.2, -0.15) is 5.10 Å². The van der Waals surface area contributed by atoms with E-state index in [4.69, 9.17) is 0 Å². The minimum absolute atomic E-state index is 0.00147. The van der Waals surface area contributed by atoms with Crippen molar-refractivity contribution < 1.29 is 13.6 Å². The summed E-state index contributed by atoms with van der Waals surface area (Å²) < 4.78 is 28.7. The topological polar surface area (TPSA) is 52.2 Å². The van der Waals surface area contributed by atoms with Crippen molar-refractivity contribution in [3.63, 3.8) is 0 Å². The Labute approximate surface area is 208 Å². The van der Waals surface area contributed by atoms with Gasteiger partial charge in [-0.25, -0.2) is 8.78 Å². The van der Waals surface area contributed by atoms with Gasteiger partial charge in [0, 0.05) is 41.2 Å². The van der Waals surface area contributed by atoms with Gasteiger partial charge in [0.25, 0.3) is 5.91 Å². The number of rotatable bonds is 5. The van der Waals surface area contributed by atoms with Crippen LogP contribution in [0.3, 0.4) is 0 Å². The number of halogens is 2. The maximum absolute atomic E-state index is 15.2. The molecule has 3 aromatic carbocycles. The second kappa shape index (κ2) is 9.13. The molecule has 2 aliphatic heterocycles. The van der Waals surface area contributed by atoms with Crippen LogP contribution < -0.4 is 0 Å². The van der Waals surface area contributed by atoms with Crippen LogP contribution in [0, 0.1) is 11.6 Å². The number of carbonyl (C=O) groups excluding carboxylic acids is 1. The number of hydrogen-bond donors (Lipinski definition) is 1. The average molecular weight is 487 g/mol. The number of piperidine rings is 1. The average Bonchev–Trinajstić information content (AvgIpc) is 3.42. The highest BCUT2D eigenvalue weighted by Gasteiger charge is 2.41. The molecule has 1 amide bonds. The van der Waals surface area contributed by atoms with Crippen molar-refractivity contribution in [2.45, 2.75) is 50.4 Å². The minimum Gasteiger partial charge on any atom is -0.331 e. The van der Waals surface area contributed by atoms with Crippen LogP contribution >= 0.6 is 0 Å². The van der Waals surface area contributed by atoms with E-state index >= 15 is 4.39 Å². The molecule has 2 saturated heterocycles. The number of benzene rings is 3. The number of nitrogens with one attached hydrogen (secondary N) is 1. The zero-order valence-electron chi connectivity index (χ0n) is 20.1. The predicted molar refractivity (Wildman–Crippen MR) is 135 cm³/mol. The van der Waals surface area contributed by atoms with Gasteiger partial charge in [-0.05, 0) is 92.4 Å². The van der Waals surface area contributed by atoms with Crippen molar-refractivity contribution >= 4 is 16.8 Å². The molecule has 1 N–H and O–H groups in total. The van der Waals surface area contributed by atoms with Gasteiger partial charge in [0.05, 0.1) is 11.7 Å². The summed E-state index contributed by atoms with van der Waals surface area (Å²) in [4.78, 5) is 17.9. The molecular weight excluding hydrogens is 458 g/mol. The SMILES string of the molecule is CN1C2CCC1CC(N(Cc1cc(-c3ccc4[nH]ncc4c3)ccc1F)C(=O)c1ccc(F)cc1)C2. The summed E-state index contributed by atoms with van der Waals surface area (Å²) in [6.07, 6.45) is 5.73. The molecule has 2 bridgehead atoms. The highest BCUT2D eigenvalue weighted by molar-refractivity contribution is 5.94.